The summed E-state index contributed by atoms with van der Waals surface area (Å²) in [5.41, 5.74) is 16.7. The van der Waals surface area contributed by atoms with Crippen LogP contribution in [0.2, 0.25) is 0 Å². The van der Waals surface area contributed by atoms with E-state index in [0.29, 0.717) is 5.56 Å². The number of aliphatic imine (C=N–C) groups is 1. The number of thiol groups is 1. The Morgan fingerprint density at radius 2 is 0.981 bits per heavy atom. The number of carboxylic acids is 4. The predicted octanol–water partition coefficient (Wildman–Crippen LogP) is -11.7. The summed E-state index contributed by atoms with van der Waals surface area (Å²) in [6.07, 6.45) is -5.37. The number of aliphatic hydroxyl groups excluding tert-OH is 5. The van der Waals surface area contributed by atoms with Gasteiger partial charge in [-0.25, -0.2) is 4.79 Å². The third kappa shape index (κ3) is 31.5. The van der Waals surface area contributed by atoms with E-state index in [2.05, 4.69) is 81.4 Å². The Hall–Kier alpha value is -10.4. The first-order chi connectivity index (χ1) is 48.9. The molecule has 44 heteroatoms. The summed E-state index contributed by atoms with van der Waals surface area (Å²) in [6.45, 7) is -1.55. The topological polar surface area (TPSA) is 710 Å². The van der Waals surface area contributed by atoms with Crippen molar-refractivity contribution in [1.82, 2.24) is 68.7 Å². The first kappa shape index (κ1) is 89.7. The summed E-state index contributed by atoms with van der Waals surface area (Å²) < 4.78 is 0. The van der Waals surface area contributed by atoms with E-state index in [1.807, 2.05) is 0 Å². The van der Waals surface area contributed by atoms with Gasteiger partial charge in [0.25, 0.3) is 0 Å². The fraction of sp³-hybridized carbons (Fsp3) is 0.600. The van der Waals surface area contributed by atoms with Gasteiger partial charge in [-0.3, -0.25) is 81.7 Å². The summed E-state index contributed by atoms with van der Waals surface area (Å²) in [4.78, 5) is 226. The quantitative estimate of drug-likeness (QED) is 0.0125. The Labute approximate surface area is 598 Å². The van der Waals surface area contributed by atoms with E-state index < -0.39 is 250 Å². The van der Waals surface area contributed by atoms with E-state index in [-0.39, 0.29) is 63.5 Å². The van der Waals surface area contributed by atoms with Gasteiger partial charge in [-0.2, -0.15) is 12.6 Å². The molecule has 1 saturated heterocycles. The summed E-state index contributed by atoms with van der Waals surface area (Å²) in [5, 5.41) is 115. The number of aliphatic hydroxyl groups is 5. The highest BCUT2D eigenvalue weighted by Gasteiger charge is 2.42. The molecule has 1 heterocycles. The first-order valence-corrected chi connectivity index (χ1v) is 32.9. The minimum atomic E-state index is -1.94. The molecule has 580 valence electrons. The maximum atomic E-state index is 14.1. The smallest absolute Gasteiger partial charge is 0.326 e. The maximum absolute atomic E-state index is 14.1. The number of amides is 13. The van der Waals surface area contributed by atoms with E-state index in [4.69, 9.17) is 22.3 Å². The molecule has 0 aliphatic carbocycles. The zero-order valence-electron chi connectivity index (χ0n) is 56.8. The zero-order valence-corrected chi connectivity index (χ0v) is 57.7. The summed E-state index contributed by atoms with van der Waals surface area (Å²) in [7, 11) is 0. The number of nitrogens with zero attached hydrogens (tertiary/aromatic N) is 2. The lowest BCUT2D eigenvalue weighted by molar-refractivity contribution is -0.145. The van der Waals surface area contributed by atoms with E-state index in [9.17, 15) is 122 Å². The molecular weight excluding hydrogens is 1410 g/mol. The van der Waals surface area contributed by atoms with Crippen LogP contribution in [0.3, 0.4) is 0 Å². The van der Waals surface area contributed by atoms with Gasteiger partial charge >= 0.3 is 23.9 Å². The fourth-order valence-corrected chi connectivity index (χ4v) is 10.0. The van der Waals surface area contributed by atoms with E-state index in [0.717, 1.165) is 11.8 Å². The van der Waals surface area contributed by atoms with Gasteiger partial charge in [0.15, 0.2) is 5.96 Å². The van der Waals surface area contributed by atoms with Gasteiger partial charge in [0.2, 0.25) is 76.8 Å². The Balaban J connectivity index is 2.18. The van der Waals surface area contributed by atoms with Crippen LogP contribution in [0.1, 0.15) is 84.1 Å². The molecule has 0 radical (unpaired) electrons. The number of nitrogens with one attached hydrogen (secondary N) is 12. The molecule has 13 amide bonds. The summed E-state index contributed by atoms with van der Waals surface area (Å²) in [6, 6.07) is -14.7. The molecule has 43 nitrogen and oxygen atoms in total. The molecule has 104 heavy (non-hydrogen) atoms. The van der Waals surface area contributed by atoms with Crippen LogP contribution in [-0.2, 0) is 87.9 Å². The lowest BCUT2D eigenvalue weighted by Gasteiger charge is -2.31. The van der Waals surface area contributed by atoms with Crippen LogP contribution in [0.25, 0.3) is 0 Å². The van der Waals surface area contributed by atoms with Crippen molar-refractivity contribution >= 4 is 119 Å². The Morgan fingerprint density at radius 3 is 1.48 bits per heavy atom. The summed E-state index contributed by atoms with van der Waals surface area (Å²) >= 11 is 3.99. The van der Waals surface area contributed by atoms with E-state index >= 15 is 0 Å². The van der Waals surface area contributed by atoms with E-state index in [1.54, 1.807) is 44.2 Å². The molecule has 1 aromatic rings. The normalized spacial score (nSPS) is 16.2. The second-order valence-corrected chi connectivity index (χ2v) is 24.4. The van der Waals surface area contributed by atoms with Gasteiger partial charge in [0, 0.05) is 31.7 Å². The van der Waals surface area contributed by atoms with Gasteiger partial charge < -0.3 is 132 Å². The number of hydrogen-bond donors (Lipinski definition) is 25. The molecule has 0 aromatic heterocycles. The number of nitrogens with two attached hydrogens (primary N) is 3. The number of rotatable bonds is 47. The molecule has 27 N–H and O–H groups in total. The molecule has 1 aromatic carbocycles. The molecule has 0 saturated carbocycles. The Morgan fingerprint density at radius 1 is 0.538 bits per heavy atom. The van der Waals surface area contributed by atoms with Gasteiger partial charge in [0.1, 0.15) is 72.5 Å². The van der Waals surface area contributed by atoms with Gasteiger partial charge in [-0.15, -0.1) is 0 Å². The van der Waals surface area contributed by atoms with Crippen LogP contribution in [0.5, 0.6) is 0 Å². The number of carboxylic acid groups (broad SMARTS) is 4. The average Bonchev–Trinajstić information content (AvgIpc) is 1.62. The molecular formula is C60H93N17O26S. The number of hydrogen-bond acceptors (Lipinski definition) is 25. The van der Waals surface area contributed by atoms with Crippen molar-refractivity contribution in [2.24, 2.45) is 28.1 Å². The molecule has 14 atom stereocenters. The third-order valence-electron chi connectivity index (χ3n) is 15.2. The molecule has 0 unspecified atom stereocenters. The van der Waals surface area contributed by atoms with Crippen molar-refractivity contribution in [1.29, 1.82) is 0 Å². The van der Waals surface area contributed by atoms with Crippen LogP contribution in [0.15, 0.2) is 35.3 Å². The van der Waals surface area contributed by atoms with Crippen molar-refractivity contribution < 1.29 is 127 Å². The SMILES string of the molecule is CC(C)C[C@H](NC(=O)[C@H](Cc1ccccc1)NC(=O)[C@H](CO)NC(=O)CNC(=O)[C@H](CO)NC(=O)[C@H](CO)NC(=O)[C@@H]1CCCN1C(=O)[C@@H](NC(=O)[C@H](CO)NC(=O)[C@H](CS)NC(=O)[C@H](CC(=O)O)NC(=O)[C@@H](N)CCC(=O)O)[C@@H](C)O)C(=O)N[C@@H](CC(=O)O)C(=O)N[C@@H](CCCN=C(N)N)C(=O)O. The van der Waals surface area contributed by atoms with Gasteiger partial charge in [-0.05, 0) is 56.9 Å². The first-order valence-electron chi connectivity index (χ1n) is 32.3. The van der Waals surface area contributed by atoms with Crippen molar-refractivity contribution in [2.75, 3.05) is 51.8 Å². The highest BCUT2D eigenvalue weighted by molar-refractivity contribution is 7.80. The Bertz CT molecular complexity index is 3220. The van der Waals surface area contributed by atoms with Crippen molar-refractivity contribution in [3.8, 4) is 0 Å². The van der Waals surface area contributed by atoms with Crippen LogP contribution in [-0.4, -0.2) is 294 Å². The van der Waals surface area contributed by atoms with Gasteiger partial charge in [-0.1, -0.05) is 44.2 Å². The minimum Gasteiger partial charge on any atom is -0.481 e. The largest absolute Gasteiger partial charge is 0.481 e. The molecule has 0 spiro atoms. The number of benzene rings is 1. The second kappa shape index (κ2) is 45.5. The van der Waals surface area contributed by atoms with Crippen LogP contribution in [0.4, 0.5) is 0 Å². The van der Waals surface area contributed by atoms with Crippen LogP contribution < -0.4 is 81.0 Å². The predicted molar refractivity (Wildman–Crippen MR) is 359 cm³/mol. The number of likely N-dealkylation sites (tertiary alicyclic amines) is 1. The maximum Gasteiger partial charge on any atom is 0.326 e. The highest BCUT2D eigenvalue weighted by atomic mass is 32.1. The van der Waals surface area contributed by atoms with Gasteiger partial charge in [0.05, 0.1) is 58.0 Å². The molecule has 1 aliphatic rings. The van der Waals surface area contributed by atoms with E-state index in [1.165, 1.54) is 0 Å². The number of carbonyl (C=O) groups excluding carboxylic acids is 13. The second-order valence-electron chi connectivity index (χ2n) is 24.1. The van der Waals surface area contributed by atoms with Crippen LogP contribution in [0, 0.1) is 5.92 Å². The zero-order chi connectivity index (χ0) is 78.7. The fourth-order valence-electron chi connectivity index (χ4n) is 9.78. The monoisotopic (exact) mass is 1500 g/mol. The third-order valence-corrected chi connectivity index (χ3v) is 15.6. The van der Waals surface area contributed by atoms with Crippen molar-refractivity contribution in [2.45, 2.75) is 170 Å². The minimum absolute atomic E-state index is 0.0139. The van der Waals surface area contributed by atoms with Crippen molar-refractivity contribution in [3.05, 3.63) is 35.9 Å². The lowest BCUT2D eigenvalue weighted by Crippen LogP contribution is -2.62. The number of guanidine groups is 1. The number of aliphatic carboxylic acids is 4. The highest BCUT2D eigenvalue weighted by Crippen LogP contribution is 2.20. The molecule has 2 rings (SSSR count). The molecule has 0 bridgehead atoms. The van der Waals surface area contributed by atoms with Crippen molar-refractivity contribution in [3.63, 3.8) is 0 Å². The Kier molecular flexibility index (Phi) is 39.3. The molecule has 1 aliphatic heterocycles. The standard InChI is InChI=1S/C60H93N17O26S/c1-27(2)17-32(49(92)71-35(20-45(88)89)51(94)67-31(59(102)103)11-7-15-64-60(62)63)69-50(93)33(18-29-9-5-4-6-10-29)70-53(96)37(23-79)66-42(83)21-65-48(91)36(22-78)72-54(97)38(24-80)74-57(100)41-12-8-16-77(41)58(101)46(28(3)82)76-55(98)39(25-81)73-56(99)40(26-104)75-52(95)34(19-44(86)87)68-47(90)30(61)13-14-43(84)85/h4-6,9-10,27-28,30-41,46,78-82,104H,7-8,11-26,61H2,1-3H3,(H,65,91)(H,66,83)(H,67,94)(H,68,90)(H,69,93)(H,70,96)(H,71,92)(H,72,97)(H,73,99)(H,74,100)(H,75,95)(H,76,98)(H,84,85)(H,86,87)(H,88,89)(H,102,103)(H4,62,63,64)/t28-,30+,31+,32+,33+,34+,35+,36+,37+,38+,39+,40+,41+,46+/m1/s1. The summed E-state index contributed by atoms with van der Waals surface area (Å²) in [5.74, 6) is -22.6. The lowest BCUT2D eigenvalue weighted by atomic mass is 10.00. The molecule has 1 fully saturated rings. The number of carbonyl (C=O) groups is 17. The average molecular weight is 1500 g/mol. The van der Waals surface area contributed by atoms with Crippen LogP contribution >= 0.6 is 12.6 Å².